The molecule has 0 aliphatic carbocycles. The van der Waals surface area contributed by atoms with E-state index in [2.05, 4.69) is 10.9 Å². The lowest BCUT2D eigenvalue weighted by Gasteiger charge is -2.05. The maximum absolute atomic E-state index is 11.5. The van der Waals surface area contributed by atoms with E-state index in [-0.39, 0.29) is 5.91 Å². The molecule has 16 heavy (non-hydrogen) atoms. The van der Waals surface area contributed by atoms with Gasteiger partial charge in [-0.25, -0.2) is 5.43 Å². The highest BCUT2D eigenvalue weighted by Gasteiger charge is 2.04. The van der Waals surface area contributed by atoms with E-state index in [1.54, 1.807) is 6.07 Å². The average Bonchev–Trinajstić information content (AvgIpc) is 2.84. The van der Waals surface area contributed by atoms with Gasteiger partial charge in [0.1, 0.15) is 0 Å². The van der Waals surface area contributed by atoms with Crippen LogP contribution in [0.1, 0.15) is 15.2 Å². The van der Waals surface area contributed by atoms with E-state index < -0.39 is 0 Å². The third-order valence-electron chi connectivity index (χ3n) is 2.08. The summed E-state index contributed by atoms with van der Waals surface area (Å²) in [5, 5.41) is 1.88. The molecule has 4 heteroatoms. The molecule has 0 unspecified atom stereocenters. The van der Waals surface area contributed by atoms with E-state index in [4.69, 9.17) is 0 Å². The molecule has 0 saturated carbocycles. The second-order valence-corrected chi connectivity index (χ2v) is 4.22. The minimum Gasteiger partial charge on any atom is -0.286 e. The van der Waals surface area contributed by atoms with Crippen LogP contribution >= 0.6 is 11.3 Å². The molecule has 1 heterocycles. The molecule has 0 bridgehead atoms. The highest BCUT2D eigenvalue weighted by Crippen LogP contribution is 2.07. The number of amides is 1. The first-order valence-electron chi connectivity index (χ1n) is 4.97. The summed E-state index contributed by atoms with van der Waals surface area (Å²) in [6.07, 6.45) is 0. The number of hydrogen-bond acceptors (Lipinski definition) is 3. The molecular formula is C12H12N2OS. The standard InChI is InChI=1S/C12H12N2OS/c15-12(11-7-4-8-16-11)14-13-9-10-5-2-1-3-6-10/h1-8,13H,9H2,(H,14,15). The summed E-state index contributed by atoms with van der Waals surface area (Å²) in [4.78, 5) is 12.2. The third kappa shape index (κ3) is 2.92. The number of nitrogens with one attached hydrogen (secondary N) is 2. The summed E-state index contributed by atoms with van der Waals surface area (Å²) in [6, 6.07) is 13.6. The van der Waals surface area contributed by atoms with Crippen molar-refractivity contribution < 1.29 is 4.79 Å². The Morgan fingerprint density at radius 3 is 2.62 bits per heavy atom. The number of hydrazine groups is 1. The summed E-state index contributed by atoms with van der Waals surface area (Å²) in [5.41, 5.74) is 6.69. The molecule has 1 aromatic carbocycles. The van der Waals surface area contributed by atoms with E-state index in [9.17, 15) is 4.79 Å². The largest absolute Gasteiger partial charge is 0.286 e. The van der Waals surface area contributed by atoms with Gasteiger partial charge in [0.15, 0.2) is 0 Å². The Bertz CT molecular complexity index is 439. The average molecular weight is 232 g/mol. The minimum absolute atomic E-state index is 0.0917. The van der Waals surface area contributed by atoms with E-state index in [1.807, 2.05) is 41.8 Å². The molecule has 0 atom stereocenters. The Morgan fingerprint density at radius 1 is 1.12 bits per heavy atom. The van der Waals surface area contributed by atoms with Crippen LogP contribution in [0.4, 0.5) is 0 Å². The van der Waals surface area contributed by atoms with Crippen molar-refractivity contribution in [1.82, 2.24) is 10.9 Å². The molecule has 3 nitrogen and oxygen atoms in total. The molecule has 0 saturated heterocycles. The molecule has 0 fully saturated rings. The fraction of sp³-hybridized carbons (Fsp3) is 0.0833. The lowest BCUT2D eigenvalue weighted by molar-refractivity contribution is 0.0936. The van der Waals surface area contributed by atoms with E-state index in [1.165, 1.54) is 11.3 Å². The first-order valence-corrected chi connectivity index (χ1v) is 5.85. The van der Waals surface area contributed by atoms with Crippen molar-refractivity contribution >= 4 is 17.2 Å². The molecule has 2 N–H and O–H groups in total. The first-order chi connectivity index (χ1) is 7.86. The van der Waals surface area contributed by atoms with Crippen LogP contribution in [0.15, 0.2) is 47.8 Å². The quantitative estimate of drug-likeness (QED) is 0.793. The van der Waals surface area contributed by atoms with Gasteiger partial charge in [-0.3, -0.25) is 10.2 Å². The molecule has 82 valence electrons. The van der Waals surface area contributed by atoms with Gasteiger partial charge in [-0.2, -0.15) is 0 Å². The summed E-state index contributed by atoms with van der Waals surface area (Å²) in [7, 11) is 0. The first kappa shape index (κ1) is 10.9. The fourth-order valence-corrected chi connectivity index (χ4v) is 1.91. The summed E-state index contributed by atoms with van der Waals surface area (Å²) in [5.74, 6) is -0.0917. The Balaban J connectivity index is 1.79. The van der Waals surface area contributed by atoms with Crippen LogP contribution in [0, 0.1) is 0 Å². The Morgan fingerprint density at radius 2 is 1.94 bits per heavy atom. The van der Waals surface area contributed by atoms with Crippen LogP contribution in [0.2, 0.25) is 0 Å². The summed E-state index contributed by atoms with van der Waals surface area (Å²) < 4.78 is 0. The van der Waals surface area contributed by atoms with Crippen LogP contribution in [0.25, 0.3) is 0 Å². The van der Waals surface area contributed by atoms with Crippen LogP contribution in [-0.4, -0.2) is 5.91 Å². The van der Waals surface area contributed by atoms with Gasteiger partial charge >= 0.3 is 0 Å². The monoisotopic (exact) mass is 232 g/mol. The molecule has 2 rings (SSSR count). The number of rotatable bonds is 4. The van der Waals surface area contributed by atoms with Crippen LogP contribution in [-0.2, 0) is 6.54 Å². The second kappa shape index (κ2) is 5.44. The van der Waals surface area contributed by atoms with Gasteiger partial charge < -0.3 is 0 Å². The van der Waals surface area contributed by atoms with Gasteiger partial charge in [0, 0.05) is 6.54 Å². The zero-order chi connectivity index (χ0) is 11.2. The predicted octanol–water partition coefficient (Wildman–Crippen LogP) is 2.18. The van der Waals surface area contributed by atoms with Crippen molar-refractivity contribution in [2.45, 2.75) is 6.54 Å². The lowest BCUT2D eigenvalue weighted by Crippen LogP contribution is -2.36. The van der Waals surface area contributed by atoms with Crippen molar-refractivity contribution in [1.29, 1.82) is 0 Å². The molecule has 1 aromatic heterocycles. The fourth-order valence-electron chi connectivity index (χ4n) is 1.29. The third-order valence-corrected chi connectivity index (χ3v) is 2.95. The van der Waals surface area contributed by atoms with Gasteiger partial charge in [0.05, 0.1) is 4.88 Å². The van der Waals surface area contributed by atoms with Crippen molar-refractivity contribution in [3.63, 3.8) is 0 Å². The summed E-state index contributed by atoms with van der Waals surface area (Å²) >= 11 is 1.43. The van der Waals surface area contributed by atoms with Gasteiger partial charge in [-0.05, 0) is 17.0 Å². The highest BCUT2D eigenvalue weighted by molar-refractivity contribution is 7.12. The van der Waals surface area contributed by atoms with E-state index in [0.717, 1.165) is 5.56 Å². The molecular weight excluding hydrogens is 220 g/mol. The van der Waals surface area contributed by atoms with E-state index >= 15 is 0 Å². The van der Waals surface area contributed by atoms with Crippen molar-refractivity contribution in [2.24, 2.45) is 0 Å². The predicted molar refractivity (Wildman–Crippen MR) is 65.1 cm³/mol. The number of carbonyl (C=O) groups is 1. The topological polar surface area (TPSA) is 41.1 Å². The van der Waals surface area contributed by atoms with Gasteiger partial charge in [-0.15, -0.1) is 11.3 Å². The van der Waals surface area contributed by atoms with Gasteiger partial charge in [0.2, 0.25) is 0 Å². The van der Waals surface area contributed by atoms with Crippen LogP contribution in [0.3, 0.4) is 0 Å². The van der Waals surface area contributed by atoms with Crippen molar-refractivity contribution in [3.8, 4) is 0 Å². The second-order valence-electron chi connectivity index (χ2n) is 3.27. The minimum atomic E-state index is -0.0917. The van der Waals surface area contributed by atoms with Crippen molar-refractivity contribution in [2.75, 3.05) is 0 Å². The van der Waals surface area contributed by atoms with Gasteiger partial charge in [0.25, 0.3) is 5.91 Å². The Labute approximate surface area is 98.1 Å². The molecule has 0 radical (unpaired) electrons. The highest BCUT2D eigenvalue weighted by atomic mass is 32.1. The Hall–Kier alpha value is -1.65. The number of hydrogen-bond donors (Lipinski definition) is 2. The van der Waals surface area contributed by atoms with Gasteiger partial charge in [-0.1, -0.05) is 36.4 Å². The maximum atomic E-state index is 11.5. The number of thiophene rings is 1. The SMILES string of the molecule is O=C(NNCc1ccccc1)c1cccs1. The van der Waals surface area contributed by atoms with Crippen LogP contribution in [0.5, 0.6) is 0 Å². The lowest BCUT2D eigenvalue weighted by atomic mass is 10.2. The normalized spacial score (nSPS) is 10.0. The van der Waals surface area contributed by atoms with Crippen molar-refractivity contribution in [3.05, 3.63) is 58.3 Å². The number of carbonyl (C=O) groups excluding carboxylic acids is 1. The molecule has 2 aromatic rings. The maximum Gasteiger partial charge on any atom is 0.275 e. The van der Waals surface area contributed by atoms with E-state index in [0.29, 0.717) is 11.4 Å². The molecule has 0 aliphatic rings. The zero-order valence-corrected chi connectivity index (χ0v) is 9.46. The zero-order valence-electron chi connectivity index (χ0n) is 8.64. The molecule has 0 spiro atoms. The summed E-state index contributed by atoms with van der Waals surface area (Å²) in [6.45, 7) is 0.623. The molecule has 0 aliphatic heterocycles. The Kier molecular flexibility index (Phi) is 3.69. The number of benzene rings is 1. The molecule has 1 amide bonds. The smallest absolute Gasteiger partial charge is 0.275 e. The van der Waals surface area contributed by atoms with Crippen LogP contribution < -0.4 is 10.9 Å².